The zero-order valence-corrected chi connectivity index (χ0v) is 16.4. The lowest BCUT2D eigenvalue weighted by atomic mass is 9.70. The molecule has 3 fully saturated rings. The van der Waals surface area contributed by atoms with Gasteiger partial charge in [0.25, 0.3) is 5.91 Å². The van der Waals surface area contributed by atoms with Crippen molar-refractivity contribution in [1.82, 2.24) is 14.8 Å². The summed E-state index contributed by atoms with van der Waals surface area (Å²) in [5.41, 5.74) is 1.60. The molecular formula is C23H26FN3O2. The molecule has 6 heteroatoms. The van der Waals surface area contributed by atoms with Crippen LogP contribution in [0, 0.1) is 17.7 Å². The van der Waals surface area contributed by atoms with Crippen molar-refractivity contribution in [3.05, 3.63) is 59.7 Å². The van der Waals surface area contributed by atoms with E-state index in [2.05, 4.69) is 9.88 Å². The highest BCUT2D eigenvalue weighted by atomic mass is 19.1. The van der Waals surface area contributed by atoms with E-state index in [1.165, 1.54) is 6.07 Å². The first-order chi connectivity index (χ1) is 14.1. The first-order valence-electron chi connectivity index (χ1n) is 10.6. The van der Waals surface area contributed by atoms with Gasteiger partial charge in [0.05, 0.1) is 5.56 Å². The average molecular weight is 395 g/mol. The summed E-state index contributed by atoms with van der Waals surface area (Å²) in [5, 5.41) is 0. The fourth-order valence-corrected chi connectivity index (χ4v) is 5.75. The van der Waals surface area contributed by atoms with Crippen molar-refractivity contribution < 1.29 is 14.0 Å². The number of aromatic amines is 1. The quantitative estimate of drug-likeness (QED) is 0.868. The van der Waals surface area contributed by atoms with Crippen LogP contribution in [-0.4, -0.2) is 51.8 Å². The Morgan fingerprint density at radius 1 is 1.21 bits per heavy atom. The molecule has 3 aliphatic rings. The average Bonchev–Trinajstić information content (AvgIpc) is 3.25. The largest absolute Gasteiger partial charge is 0.367 e. The molecule has 5 rings (SSSR count). The van der Waals surface area contributed by atoms with E-state index in [-0.39, 0.29) is 35.6 Å². The van der Waals surface area contributed by atoms with Crippen molar-refractivity contribution in [2.45, 2.75) is 44.2 Å². The number of halogens is 1. The van der Waals surface area contributed by atoms with Crippen molar-refractivity contribution in [1.29, 1.82) is 0 Å². The highest BCUT2D eigenvalue weighted by Crippen LogP contribution is 2.42. The van der Waals surface area contributed by atoms with Gasteiger partial charge in [-0.15, -0.1) is 0 Å². The van der Waals surface area contributed by atoms with Gasteiger partial charge >= 0.3 is 0 Å². The Balaban J connectivity index is 1.45. The van der Waals surface area contributed by atoms with Gasteiger partial charge in [0, 0.05) is 44.0 Å². The molecule has 0 saturated carbocycles. The Hall–Kier alpha value is -2.63. The molecule has 1 aromatic carbocycles. The van der Waals surface area contributed by atoms with Crippen LogP contribution < -0.4 is 0 Å². The topological polar surface area (TPSA) is 56.4 Å². The molecule has 2 bridgehead atoms. The zero-order chi connectivity index (χ0) is 20.0. The smallest absolute Gasteiger partial charge is 0.255 e. The summed E-state index contributed by atoms with van der Waals surface area (Å²) in [5.74, 6) is 0.581. The van der Waals surface area contributed by atoms with E-state index >= 15 is 0 Å². The third kappa shape index (κ3) is 3.34. The molecule has 2 amide bonds. The maximum Gasteiger partial charge on any atom is 0.255 e. The number of carbonyl (C=O) groups excluding carboxylic acids is 2. The van der Waals surface area contributed by atoms with Crippen LogP contribution in [0.4, 0.5) is 4.39 Å². The molecule has 29 heavy (non-hydrogen) atoms. The molecule has 0 unspecified atom stereocenters. The van der Waals surface area contributed by atoms with E-state index < -0.39 is 0 Å². The summed E-state index contributed by atoms with van der Waals surface area (Å²) in [4.78, 5) is 32.9. The maximum atomic E-state index is 13.8. The van der Waals surface area contributed by atoms with Crippen molar-refractivity contribution in [3.63, 3.8) is 0 Å². The molecule has 2 aromatic rings. The van der Waals surface area contributed by atoms with Crippen LogP contribution >= 0.6 is 0 Å². The summed E-state index contributed by atoms with van der Waals surface area (Å²) in [6.45, 7) is 1.36. The van der Waals surface area contributed by atoms with Crippen molar-refractivity contribution in [2.75, 3.05) is 13.1 Å². The number of nitrogens with one attached hydrogen (secondary N) is 1. The van der Waals surface area contributed by atoms with Crippen molar-refractivity contribution in [2.24, 2.45) is 11.8 Å². The van der Waals surface area contributed by atoms with E-state index in [1.54, 1.807) is 24.5 Å². The fraction of sp³-hybridized carbons (Fsp3) is 0.478. The maximum absolute atomic E-state index is 13.8. The molecular weight excluding hydrogens is 369 g/mol. The normalized spacial score (nSPS) is 28.9. The van der Waals surface area contributed by atoms with Crippen LogP contribution in [0.25, 0.3) is 0 Å². The van der Waals surface area contributed by atoms with Gasteiger partial charge < -0.3 is 14.8 Å². The number of hydrogen-bond donors (Lipinski definition) is 1. The lowest BCUT2D eigenvalue weighted by molar-refractivity contribution is -0.151. The molecule has 152 valence electrons. The summed E-state index contributed by atoms with van der Waals surface area (Å²) in [6, 6.07) is 8.71. The number of carbonyl (C=O) groups is 2. The van der Waals surface area contributed by atoms with E-state index in [9.17, 15) is 14.0 Å². The number of likely N-dealkylation sites (tertiary alicyclic amines) is 1. The summed E-state index contributed by atoms with van der Waals surface area (Å²) < 4.78 is 13.8. The van der Waals surface area contributed by atoms with Crippen molar-refractivity contribution >= 4 is 11.8 Å². The van der Waals surface area contributed by atoms with Gasteiger partial charge in [0.1, 0.15) is 5.82 Å². The Kier molecular flexibility index (Phi) is 4.64. The SMILES string of the molecule is O=C(c1cc[nH]c1)N1C[C@H]2C[C@@H](C1)[C@H](Cc1cccc(F)c1)N1C(=O)CCC[C@@H]21. The van der Waals surface area contributed by atoms with E-state index in [0.29, 0.717) is 37.4 Å². The summed E-state index contributed by atoms with van der Waals surface area (Å²) >= 11 is 0. The van der Waals surface area contributed by atoms with Gasteiger partial charge in [-0.2, -0.15) is 0 Å². The number of hydrogen-bond acceptors (Lipinski definition) is 2. The van der Waals surface area contributed by atoms with E-state index in [0.717, 1.165) is 24.8 Å². The highest BCUT2D eigenvalue weighted by Gasteiger charge is 2.49. The highest BCUT2D eigenvalue weighted by molar-refractivity contribution is 5.94. The lowest BCUT2D eigenvalue weighted by Gasteiger charge is -2.56. The van der Waals surface area contributed by atoms with Crippen LogP contribution in [0.1, 0.15) is 41.6 Å². The Morgan fingerprint density at radius 3 is 2.86 bits per heavy atom. The molecule has 5 nitrogen and oxygen atoms in total. The first kappa shape index (κ1) is 18.4. The minimum absolute atomic E-state index is 0.0210. The van der Waals surface area contributed by atoms with Gasteiger partial charge in [-0.05, 0) is 61.3 Å². The number of rotatable bonds is 3. The van der Waals surface area contributed by atoms with Gasteiger partial charge in [0.15, 0.2) is 0 Å². The minimum Gasteiger partial charge on any atom is -0.367 e. The summed E-state index contributed by atoms with van der Waals surface area (Å²) in [7, 11) is 0. The van der Waals surface area contributed by atoms with E-state index in [1.807, 2.05) is 17.0 Å². The molecule has 0 aliphatic carbocycles. The number of amides is 2. The predicted molar refractivity (Wildman–Crippen MR) is 107 cm³/mol. The minimum atomic E-state index is -0.245. The zero-order valence-electron chi connectivity index (χ0n) is 16.4. The fourth-order valence-electron chi connectivity index (χ4n) is 5.75. The number of fused-ring (bicyclic) bond motifs is 4. The Labute approximate surface area is 169 Å². The number of H-pyrrole nitrogens is 1. The number of piperidine rings is 3. The summed E-state index contributed by atoms with van der Waals surface area (Å²) in [6.07, 6.45) is 7.70. The molecule has 0 radical (unpaired) electrons. The second-order valence-electron chi connectivity index (χ2n) is 8.73. The number of benzene rings is 1. The number of aromatic nitrogens is 1. The van der Waals surface area contributed by atoms with Crippen LogP contribution in [0.2, 0.25) is 0 Å². The molecule has 3 aliphatic heterocycles. The predicted octanol–water partition coefficient (Wildman–Crippen LogP) is 3.24. The monoisotopic (exact) mass is 395 g/mol. The first-order valence-corrected chi connectivity index (χ1v) is 10.6. The van der Waals surface area contributed by atoms with Crippen LogP contribution in [0.3, 0.4) is 0 Å². The van der Waals surface area contributed by atoms with Gasteiger partial charge in [-0.3, -0.25) is 9.59 Å². The van der Waals surface area contributed by atoms with Crippen LogP contribution in [0.5, 0.6) is 0 Å². The standard InChI is InChI=1S/C23H26FN3O2/c24-19-4-1-3-15(9-19)10-21-18-11-17(20-5-2-6-22(28)27(20)21)13-26(14-18)23(29)16-7-8-25-12-16/h1,3-4,7-9,12,17-18,20-21,25H,2,5-6,10-11,13-14H2/t17-,18+,20+,21+/m1/s1. The van der Waals surface area contributed by atoms with Crippen molar-refractivity contribution in [3.8, 4) is 0 Å². The second kappa shape index (κ2) is 7.32. The molecule has 1 aromatic heterocycles. The van der Waals surface area contributed by atoms with Gasteiger partial charge in [0.2, 0.25) is 5.91 Å². The third-order valence-corrected chi connectivity index (χ3v) is 6.96. The third-order valence-electron chi connectivity index (χ3n) is 6.96. The molecule has 4 atom stereocenters. The lowest BCUT2D eigenvalue weighted by Crippen LogP contribution is -2.66. The Morgan fingerprint density at radius 2 is 2.07 bits per heavy atom. The molecule has 3 saturated heterocycles. The molecule has 4 heterocycles. The Bertz CT molecular complexity index is 913. The number of nitrogens with zero attached hydrogens (tertiary/aromatic N) is 2. The van der Waals surface area contributed by atoms with E-state index in [4.69, 9.17) is 0 Å². The van der Waals surface area contributed by atoms with Gasteiger partial charge in [-0.1, -0.05) is 12.1 Å². The second-order valence-corrected chi connectivity index (χ2v) is 8.73. The molecule has 0 spiro atoms. The van der Waals surface area contributed by atoms with Crippen LogP contribution in [0.15, 0.2) is 42.7 Å². The van der Waals surface area contributed by atoms with Gasteiger partial charge in [-0.25, -0.2) is 4.39 Å². The molecule has 1 N–H and O–H groups in total. The van der Waals surface area contributed by atoms with Crippen LogP contribution in [-0.2, 0) is 11.2 Å².